The van der Waals surface area contributed by atoms with Crippen LogP contribution in [0.4, 0.5) is 0 Å². The molecule has 3 nitrogen and oxygen atoms in total. The van der Waals surface area contributed by atoms with Gasteiger partial charge in [-0.3, -0.25) is 0 Å². The quantitative estimate of drug-likeness (QED) is 0.809. The zero-order chi connectivity index (χ0) is 10.0. The molecule has 0 saturated heterocycles. The zero-order valence-corrected chi connectivity index (χ0v) is 8.91. The summed E-state index contributed by atoms with van der Waals surface area (Å²) in [6.45, 7) is 0. The van der Waals surface area contributed by atoms with Gasteiger partial charge in [0.2, 0.25) is 0 Å². The minimum Gasteiger partial charge on any atom is -0.494 e. The highest BCUT2D eigenvalue weighted by Crippen LogP contribution is 2.36. The SMILES string of the molecule is COc1c(S(=O)O)ccc(Cl)c1Cl. The van der Waals surface area contributed by atoms with Gasteiger partial charge < -0.3 is 9.29 Å². The Morgan fingerprint density at radius 2 is 2.08 bits per heavy atom. The van der Waals surface area contributed by atoms with Crippen molar-refractivity contribution in [3.63, 3.8) is 0 Å². The van der Waals surface area contributed by atoms with Crippen molar-refractivity contribution in [3.8, 4) is 5.75 Å². The fourth-order valence-electron chi connectivity index (χ4n) is 0.842. The maximum absolute atomic E-state index is 10.8. The van der Waals surface area contributed by atoms with Crippen LogP contribution >= 0.6 is 23.2 Å². The molecule has 1 aromatic rings. The van der Waals surface area contributed by atoms with E-state index in [2.05, 4.69) is 0 Å². The first kappa shape index (κ1) is 10.8. The zero-order valence-electron chi connectivity index (χ0n) is 6.58. The highest BCUT2D eigenvalue weighted by atomic mass is 35.5. The normalized spacial score (nSPS) is 12.6. The Labute approximate surface area is 87.9 Å². The second-order valence-electron chi connectivity index (χ2n) is 2.14. The third-order valence-electron chi connectivity index (χ3n) is 1.41. The van der Waals surface area contributed by atoms with Crippen molar-refractivity contribution in [1.29, 1.82) is 0 Å². The van der Waals surface area contributed by atoms with Gasteiger partial charge in [0.15, 0.2) is 16.8 Å². The van der Waals surface area contributed by atoms with Gasteiger partial charge in [-0.05, 0) is 12.1 Å². The molecule has 72 valence electrons. The van der Waals surface area contributed by atoms with Crippen molar-refractivity contribution in [2.24, 2.45) is 0 Å². The Balaban J connectivity index is 3.38. The number of hydrogen-bond donors (Lipinski definition) is 1. The minimum atomic E-state index is -2.13. The van der Waals surface area contributed by atoms with Crippen molar-refractivity contribution >= 4 is 34.3 Å². The molecule has 0 aliphatic heterocycles. The first-order valence-corrected chi connectivity index (χ1v) is 5.07. The maximum atomic E-state index is 10.8. The molecule has 0 saturated carbocycles. The molecule has 0 fully saturated rings. The van der Waals surface area contributed by atoms with Gasteiger partial charge in [0.25, 0.3) is 0 Å². The Bertz CT molecular complexity index is 354. The van der Waals surface area contributed by atoms with Crippen molar-refractivity contribution < 1.29 is 13.5 Å². The van der Waals surface area contributed by atoms with Gasteiger partial charge in [-0.2, -0.15) is 0 Å². The van der Waals surface area contributed by atoms with Gasteiger partial charge in [0.05, 0.1) is 12.1 Å². The van der Waals surface area contributed by atoms with Gasteiger partial charge in [-0.1, -0.05) is 23.2 Å². The van der Waals surface area contributed by atoms with Crippen LogP contribution in [0.25, 0.3) is 0 Å². The Hall–Kier alpha value is -0.290. The van der Waals surface area contributed by atoms with Gasteiger partial charge in [0, 0.05) is 0 Å². The molecule has 1 rings (SSSR count). The summed E-state index contributed by atoms with van der Waals surface area (Å²) >= 11 is 9.29. The van der Waals surface area contributed by atoms with E-state index >= 15 is 0 Å². The minimum absolute atomic E-state index is 0.108. The second-order valence-corrected chi connectivity index (χ2v) is 3.87. The lowest BCUT2D eigenvalue weighted by molar-refractivity contribution is 0.402. The lowest BCUT2D eigenvalue weighted by Gasteiger charge is -2.07. The van der Waals surface area contributed by atoms with Crippen LogP contribution in [-0.4, -0.2) is 15.9 Å². The Morgan fingerprint density at radius 3 is 2.54 bits per heavy atom. The lowest BCUT2D eigenvalue weighted by atomic mass is 10.3. The van der Waals surface area contributed by atoms with Crippen molar-refractivity contribution in [2.45, 2.75) is 4.90 Å². The van der Waals surface area contributed by atoms with Crippen LogP contribution in [-0.2, 0) is 11.1 Å². The molecule has 0 aliphatic carbocycles. The summed E-state index contributed by atoms with van der Waals surface area (Å²) in [5.74, 6) is 0.134. The van der Waals surface area contributed by atoms with Crippen LogP contribution < -0.4 is 4.74 Å². The highest BCUT2D eigenvalue weighted by Gasteiger charge is 2.14. The van der Waals surface area contributed by atoms with Crippen LogP contribution in [0.3, 0.4) is 0 Å². The van der Waals surface area contributed by atoms with Crippen LogP contribution in [0.15, 0.2) is 17.0 Å². The molecule has 1 unspecified atom stereocenters. The van der Waals surface area contributed by atoms with E-state index in [1.165, 1.54) is 19.2 Å². The number of ether oxygens (including phenoxy) is 1. The largest absolute Gasteiger partial charge is 0.494 e. The molecule has 0 heterocycles. The second kappa shape index (κ2) is 4.28. The molecule has 0 aliphatic rings. The molecular weight excluding hydrogens is 235 g/mol. The van der Waals surface area contributed by atoms with Gasteiger partial charge in [-0.25, -0.2) is 4.21 Å². The summed E-state index contributed by atoms with van der Waals surface area (Å²) in [7, 11) is 1.36. The molecule has 0 aromatic heterocycles. The van der Waals surface area contributed by atoms with Crippen LogP contribution in [0, 0.1) is 0 Å². The van der Waals surface area contributed by atoms with Gasteiger partial charge in [-0.15, -0.1) is 0 Å². The lowest BCUT2D eigenvalue weighted by Crippen LogP contribution is -1.95. The molecular formula is C7H6Cl2O3S. The predicted molar refractivity (Wildman–Crippen MR) is 52.1 cm³/mol. The van der Waals surface area contributed by atoms with Crippen molar-refractivity contribution in [3.05, 3.63) is 22.2 Å². The van der Waals surface area contributed by atoms with Crippen molar-refractivity contribution in [2.75, 3.05) is 7.11 Å². The Kier molecular flexibility index (Phi) is 3.55. The summed E-state index contributed by atoms with van der Waals surface area (Å²) in [6.07, 6.45) is 0. The van der Waals surface area contributed by atoms with E-state index in [1.807, 2.05) is 0 Å². The first-order valence-electron chi connectivity index (χ1n) is 3.20. The average molecular weight is 241 g/mol. The van der Waals surface area contributed by atoms with E-state index in [0.29, 0.717) is 0 Å². The third kappa shape index (κ3) is 2.14. The van der Waals surface area contributed by atoms with E-state index in [4.69, 9.17) is 32.5 Å². The smallest absolute Gasteiger partial charge is 0.190 e. The number of benzene rings is 1. The molecule has 1 atom stereocenters. The summed E-state index contributed by atoms with van der Waals surface area (Å²) in [5.41, 5.74) is 0. The van der Waals surface area contributed by atoms with Crippen LogP contribution in [0.5, 0.6) is 5.75 Å². The third-order valence-corrected chi connectivity index (χ3v) is 2.89. The average Bonchev–Trinajstić information content (AvgIpc) is 2.09. The molecule has 0 bridgehead atoms. The molecule has 6 heteroatoms. The topological polar surface area (TPSA) is 46.5 Å². The monoisotopic (exact) mass is 240 g/mol. The standard InChI is InChI=1S/C7H6Cl2O3S/c1-12-7-5(13(10)11)3-2-4(8)6(7)9/h2-3H,1H3,(H,10,11). The van der Waals surface area contributed by atoms with E-state index in [-0.39, 0.29) is 20.7 Å². The summed E-state index contributed by atoms with van der Waals surface area (Å²) < 4.78 is 24.5. The number of halogens is 2. The van der Waals surface area contributed by atoms with Gasteiger partial charge in [0.1, 0.15) is 9.92 Å². The van der Waals surface area contributed by atoms with Crippen LogP contribution in [0.2, 0.25) is 10.0 Å². The fourth-order valence-corrected chi connectivity index (χ4v) is 1.82. The molecule has 1 aromatic carbocycles. The molecule has 1 N–H and O–H groups in total. The molecule has 0 radical (unpaired) electrons. The predicted octanol–water partition coefficient (Wildman–Crippen LogP) is 2.58. The van der Waals surface area contributed by atoms with Crippen LogP contribution in [0.1, 0.15) is 0 Å². The van der Waals surface area contributed by atoms with Crippen molar-refractivity contribution in [1.82, 2.24) is 0 Å². The first-order chi connectivity index (χ1) is 6.07. The van der Waals surface area contributed by atoms with E-state index < -0.39 is 11.1 Å². The highest BCUT2D eigenvalue weighted by molar-refractivity contribution is 7.79. The summed E-state index contributed by atoms with van der Waals surface area (Å²) in [5, 5.41) is 0.428. The number of methoxy groups -OCH3 is 1. The summed E-state index contributed by atoms with van der Waals surface area (Å²) in [6, 6.07) is 2.83. The number of hydrogen-bond acceptors (Lipinski definition) is 2. The van der Waals surface area contributed by atoms with E-state index in [1.54, 1.807) is 0 Å². The van der Waals surface area contributed by atoms with Gasteiger partial charge >= 0.3 is 0 Å². The molecule has 0 spiro atoms. The fraction of sp³-hybridized carbons (Fsp3) is 0.143. The van der Waals surface area contributed by atoms with E-state index in [0.717, 1.165) is 0 Å². The molecule has 13 heavy (non-hydrogen) atoms. The van der Waals surface area contributed by atoms with E-state index in [9.17, 15) is 4.21 Å². The Morgan fingerprint density at radius 1 is 1.46 bits per heavy atom. The number of rotatable bonds is 2. The maximum Gasteiger partial charge on any atom is 0.190 e. The molecule has 0 amide bonds. The summed E-state index contributed by atoms with van der Waals surface area (Å²) in [4.78, 5) is 0.108.